The van der Waals surface area contributed by atoms with Gasteiger partial charge in [-0.05, 0) is 38.8 Å². The van der Waals surface area contributed by atoms with Crippen LogP contribution in [0, 0.1) is 11.8 Å². The van der Waals surface area contributed by atoms with E-state index in [1.165, 1.54) is 0 Å². The van der Waals surface area contributed by atoms with Crippen molar-refractivity contribution < 1.29 is 28.7 Å². The van der Waals surface area contributed by atoms with Gasteiger partial charge in [0.15, 0.2) is 5.78 Å². The maximum atomic E-state index is 12.9. The van der Waals surface area contributed by atoms with Crippen molar-refractivity contribution in [1.29, 1.82) is 0 Å². The second kappa shape index (κ2) is 14.0. The highest BCUT2D eigenvalue weighted by atomic mass is 79.9. The molecule has 0 unspecified atom stereocenters. The largest absolute Gasteiger partial charge is 0.492 e. The topological polar surface area (TPSA) is 111 Å². The van der Waals surface area contributed by atoms with Crippen molar-refractivity contribution >= 4 is 39.5 Å². The Morgan fingerprint density at radius 3 is 2.21 bits per heavy atom. The lowest BCUT2D eigenvalue weighted by Crippen LogP contribution is -2.47. The molecule has 1 aromatic rings. The number of halogens is 1. The Balaban J connectivity index is 2.63. The van der Waals surface area contributed by atoms with Crippen LogP contribution in [0.3, 0.4) is 0 Å². The number of rotatable bonds is 13. The van der Waals surface area contributed by atoms with Gasteiger partial charge in [0.05, 0.1) is 24.3 Å². The molecule has 1 rings (SSSR count). The lowest BCUT2D eigenvalue weighted by molar-refractivity contribution is -0.156. The van der Waals surface area contributed by atoms with Crippen LogP contribution < -0.4 is 15.4 Å². The Morgan fingerprint density at radius 1 is 1.03 bits per heavy atom. The molecule has 0 aromatic heterocycles. The van der Waals surface area contributed by atoms with Gasteiger partial charge in [0, 0.05) is 12.3 Å². The van der Waals surface area contributed by atoms with Gasteiger partial charge in [-0.1, -0.05) is 48.0 Å². The molecule has 0 aliphatic carbocycles. The minimum absolute atomic E-state index is 0.0189. The number of amides is 2. The van der Waals surface area contributed by atoms with Crippen molar-refractivity contribution in [1.82, 2.24) is 10.6 Å². The highest BCUT2D eigenvalue weighted by molar-refractivity contribution is 9.09. The monoisotopic (exact) mass is 526 g/mol. The van der Waals surface area contributed by atoms with Crippen LogP contribution in [0.2, 0.25) is 0 Å². The zero-order valence-electron chi connectivity index (χ0n) is 20.0. The second-order valence-corrected chi connectivity index (χ2v) is 9.58. The molecule has 0 bridgehead atoms. The minimum Gasteiger partial charge on any atom is -0.492 e. The Kier molecular flexibility index (Phi) is 12.1. The van der Waals surface area contributed by atoms with Crippen LogP contribution in [0.5, 0.6) is 5.75 Å². The molecule has 0 saturated heterocycles. The van der Waals surface area contributed by atoms with E-state index in [1.807, 2.05) is 44.2 Å². The molecule has 0 radical (unpaired) electrons. The van der Waals surface area contributed by atoms with E-state index in [2.05, 4.69) is 26.6 Å². The minimum atomic E-state index is -1.03. The number of hydrogen-bond acceptors (Lipinski definition) is 6. The molecule has 2 amide bonds. The summed E-state index contributed by atoms with van der Waals surface area (Å²) in [5.41, 5.74) is -0.703. The van der Waals surface area contributed by atoms with E-state index in [4.69, 9.17) is 9.47 Å². The number of nitrogens with one attached hydrogen (secondary N) is 2. The van der Waals surface area contributed by atoms with Gasteiger partial charge in [-0.25, -0.2) is 0 Å². The molecule has 0 heterocycles. The fourth-order valence-electron chi connectivity index (χ4n) is 2.95. The molecule has 1 aromatic carbocycles. The highest BCUT2D eigenvalue weighted by Gasteiger charge is 2.31. The third-order valence-electron chi connectivity index (χ3n) is 4.61. The van der Waals surface area contributed by atoms with Gasteiger partial charge in [0.1, 0.15) is 18.0 Å². The number of para-hydroxylation sites is 1. The number of hydrogen-bond donors (Lipinski definition) is 2. The molecule has 0 aliphatic rings. The summed E-state index contributed by atoms with van der Waals surface area (Å²) in [4.78, 5) is 49.8. The number of benzene rings is 1. The number of ether oxygens (including phenoxy) is 2. The predicted octanol–water partition coefficient (Wildman–Crippen LogP) is 3.02. The Bertz CT molecular complexity index is 792. The van der Waals surface area contributed by atoms with Crippen molar-refractivity contribution in [2.75, 3.05) is 18.5 Å². The first-order valence-electron chi connectivity index (χ1n) is 11.0. The van der Waals surface area contributed by atoms with Crippen molar-refractivity contribution in [3.63, 3.8) is 0 Å². The van der Waals surface area contributed by atoms with E-state index in [0.29, 0.717) is 18.9 Å². The Morgan fingerprint density at radius 2 is 1.67 bits per heavy atom. The average Bonchev–Trinajstić information content (AvgIpc) is 2.73. The van der Waals surface area contributed by atoms with Crippen molar-refractivity contribution in [2.24, 2.45) is 11.8 Å². The van der Waals surface area contributed by atoms with E-state index in [0.717, 1.165) is 0 Å². The summed E-state index contributed by atoms with van der Waals surface area (Å²) in [6.45, 7) is 9.42. The third-order valence-corrected chi connectivity index (χ3v) is 5.16. The van der Waals surface area contributed by atoms with Crippen LogP contribution in [0.1, 0.15) is 47.5 Å². The first kappa shape index (κ1) is 28.6. The normalized spacial score (nSPS) is 13.1. The highest BCUT2D eigenvalue weighted by Crippen LogP contribution is 2.17. The van der Waals surface area contributed by atoms with Crippen LogP contribution in [0.25, 0.3) is 0 Å². The van der Waals surface area contributed by atoms with Gasteiger partial charge < -0.3 is 20.1 Å². The quantitative estimate of drug-likeness (QED) is 0.232. The number of Topliss-reactive ketones (excluding diaryl/α,β-unsaturated/α-hetero) is 1. The smallest absolute Gasteiger partial charge is 0.308 e. The standard InChI is InChI=1S/C24H35BrN2O6/c1-16(2)18(13-21(29)26-11-12-32-17-9-7-6-8-10-17)23(31)27-19(20(28)15-25)14-22(30)33-24(3,4)5/h6-10,16,18-19H,11-15H2,1-5H3,(H,26,29)(H,27,31)/t18-,19-/m0/s1. The Labute approximate surface area is 204 Å². The van der Waals surface area contributed by atoms with E-state index in [9.17, 15) is 19.2 Å². The molecule has 2 atom stereocenters. The Hall–Kier alpha value is -2.42. The van der Waals surface area contributed by atoms with E-state index < -0.39 is 29.4 Å². The first-order chi connectivity index (χ1) is 15.4. The van der Waals surface area contributed by atoms with Gasteiger partial charge in [-0.3, -0.25) is 19.2 Å². The van der Waals surface area contributed by atoms with Crippen LogP contribution in [-0.4, -0.2) is 53.7 Å². The fourth-order valence-corrected chi connectivity index (χ4v) is 3.34. The maximum absolute atomic E-state index is 12.9. The van der Waals surface area contributed by atoms with Crippen LogP contribution in [0.15, 0.2) is 30.3 Å². The number of alkyl halides is 1. The van der Waals surface area contributed by atoms with Gasteiger partial charge in [0.25, 0.3) is 0 Å². The van der Waals surface area contributed by atoms with Gasteiger partial charge >= 0.3 is 5.97 Å². The first-order valence-corrected chi connectivity index (χ1v) is 12.1. The molecule has 0 aliphatic heterocycles. The van der Waals surface area contributed by atoms with Gasteiger partial charge in [-0.15, -0.1) is 0 Å². The molecule has 2 N–H and O–H groups in total. The lowest BCUT2D eigenvalue weighted by Gasteiger charge is -2.25. The van der Waals surface area contributed by atoms with Crippen LogP contribution in [0.4, 0.5) is 0 Å². The van der Waals surface area contributed by atoms with Crippen molar-refractivity contribution in [3.8, 4) is 5.75 Å². The summed E-state index contributed by atoms with van der Waals surface area (Å²) in [6, 6.07) is 8.21. The van der Waals surface area contributed by atoms with E-state index in [1.54, 1.807) is 20.8 Å². The summed E-state index contributed by atoms with van der Waals surface area (Å²) in [7, 11) is 0. The van der Waals surface area contributed by atoms with Crippen molar-refractivity contribution in [3.05, 3.63) is 30.3 Å². The zero-order chi connectivity index (χ0) is 25.0. The van der Waals surface area contributed by atoms with Gasteiger partial charge in [-0.2, -0.15) is 0 Å². The summed E-state index contributed by atoms with van der Waals surface area (Å²) in [5, 5.41) is 5.36. The number of esters is 1. The van der Waals surface area contributed by atoms with Crippen LogP contribution >= 0.6 is 15.9 Å². The second-order valence-electron chi connectivity index (χ2n) is 9.02. The van der Waals surface area contributed by atoms with Gasteiger partial charge in [0.2, 0.25) is 11.8 Å². The zero-order valence-corrected chi connectivity index (χ0v) is 21.6. The van der Waals surface area contributed by atoms with Crippen LogP contribution in [-0.2, 0) is 23.9 Å². The molecule has 8 nitrogen and oxygen atoms in total. The molecule has 33 heavy (non-hydrogen) atoms. The predicted molar refractivity (Wildman–Crippen MR) is 129 cm³/mol. The number of ketones is 1. The molecule has 0 spiro atoms. The molecular formula is C24H35BrN2O6. The third kappa shape index (κ3) is 11.8. The summed E-state index contributed by atoms with van der Waals surface area (Å²) < 4.78 is 10.8. The fraction of sp³-hybridized carbons (Fsp3) is 0.583. The number of carbonyl (C=O) groups excluding carboxylic acids is 4. The number of carbonyl (C=O) groups is 4. The summed E-state index contributed by atoms with van der Waals surface area (Å²) in [5.74, 6) is -1.79. The van der Waals surface area contributed by atoms with E-state index >= 15 is 0 Å². The lowest BCUT2D eigenvalue weighted by atomic mass is 9.90. The van der Waals surface area contributed by atoms with E-state index in [-0.39, 0.29) is 35.8 Å². The van der Waals surface area contributed by atoms with Crippen molar-refractivity contribution in [2.45, 2.75) is 59.1 Å². The molecular weight excluding hydrogens is 492 g/mol. The SMILES string of the molecule is CC(C)[C@H](CC(=O)NCCOc1ccccc1)C(=O)N[C@@H](CC(=O)OC(C)(C)C)C(=O)CBr. The molecule has 184 valence electrons. The maximum Gasteiger partial charge on any atom is 0.308 e. The summed E-state index contributed by atoms with van der Waals surface area (Å²) in [6.07, 6.45) is -0.322. The molecule has 0 fully saturated rings. The summed E-state index contributed by atoms with van der Waals surface area (Å²) >= 11 is 3.09. The molecule has 0 saturated carbocycles. The average molecular weight is 527 g/mol. The molecule has 9 heteroatoms.